The molecule has 0 heterocycles. The maximum absolute atomic E-state index is 8.56. The van der Waals surface area contributed by atoms with Crippen LogP contribution in [0.4, 0.5) is 0 Å². The molecule has 0 aliphatic rings. The van der Waals surface area contributed by atoms with Crippen molar-refractivity contribution in [2.24, 2.45) is 0 Å². The molecular weight excluding hydrogens is 307 g/mol. The summed E-state index contributed by atoms with van der Waals surface area (Å²) in [7, 11) is 0. The van der Waals surface area contributed by atoms with Gasteiger partial charge in [0, 0.05) is 19.5 Å². The molecule has 0 saturated heterocycles. The summed E-state index contributed by atoms with van der Waals surface area (Å²) in [6, 6.07) is 0. The number of aliphatic hydroxyl groups is 2. The molecule has 1 radical (unpaired) electrons. The Balaban J connectivity index is -0.000000224. The van der Waals surface area contributed by atoms with E-state index in [-0.39, 0.29) is 37.8 Å². The first kappa shape index (κ1) is 22.2. The van der Waals surface area contributed by atoms with Crippen molar-refractivity contribution < 1.29 is 34.4 Å². The predicted octanol–water partition coefficient (Wildman–Crippen LogP) is 2.29. The van der Waals surface area contributed by atoms with Crippen molar-refractivity contribution in [1.82, 2.24) is 0 Å². The number of allylic oxidation sites excluding steroid dienone is 1. The number of aliphatic hydroxyl groups excluding tert-OH is 2. The van der Waals surface area contributed by atoms with Gasteiger partial charge in [-0.05, 0) is 34.1 Å². The van der Waals surface area contributed by atoms with Crippen molar-refractivity contribution >= 4 is 0 Å². The van der Waals surface area contributed by atoms with Crippen molar-refractivity contribution in [3.63, 3.8) is 0 Å². The average molecular weight is 333 g/mol. The topological polar surface area (TPSA) is 49.7 Å². The van der Waals surface area contributed by atoms with Crippen molar-refractivity contribution in [1.29, 1.82) is 0 Å². The summed E-state index contributed by atoms with van der Waals surface area (Å²) < 4.78 is 5.23. The fourth-order valence-electron chi connectivity index (χ4n) is 0.865. The summed E-state index contributed by atoms with van der Waals surface area (Å²) in [6.45, 7) is 11.5. The van der Waals surface area contributed by atoms with E-state index in [1.54, 1.807) is 19.9 Å². The van der Waals surface area contributed by atoms with E-state index in [9.17, 15) is 0 Å². The first-order valence-electron chi connectivity index (χ1n) is 5.65. The fraction of sp³-hybridized carbons (Fsp3) is 0.692. The van der Waals surface area contributed by atoms with Gasteiger partial charge in [0.2, 0.25) is 0 Å². The zero-order chi connectivity index (χ0) is 13.0. The largest absolute Gasteiger partial charge is 0.393 e. The van der Waals surface area contributed by atoms with Gasteiger partial charge in [-0.2, -0.15) is 0 Å². The van der Waals surface area contributed by atoms with E-state index in [4.69, 9.17) is 14.9 Å². The zero-order valence-corrected chi connectivity index (χ0v) is 12.9. The number of hydrogen-bond donors (Lipinski definition) is 2. The standard InChI is InChI=1S/C8H14O.C5H12O2.Rh/c1-4-6-7-9-8(3)5-2;1-4(6)3-5(2)7;/h4-6,8H,2,7H2,1,3H3;4-7H,3H2,1-2H3;. The van der Waals surface area contributed by atoms with Gasteiger partial charge in [0.1, 0.15) is 0 Å². The van der Waals surface area contributed by atoms with Crippen LogP contribution < -0.4 is 0 Å². The first-order valence-corrected chi connectivity index (χ1v) is 5.65. The summed E-state index contributed by atoms with van der Waals surface area (Å²) in [5.74, 6) is 0. The van der Waals surface area contributed by atoms with Gasteiger partial charge in [-0.25, -0.2) is 0 Å². The Morgan fingerprint density at radius 1 is 1.18 bits per heavy atom. The molecule has 0 spiro atoms. The molecule has 0 aromatic rings. The van der Waals surface area contributed by atoms with E-state index in [2.05, 4.69) is 6.58 Å². The zero-order valence-electron chi connectivity index (χ0n) is 11.2. The van der Waals surface area contributed by atoms with Gasteiger partial charge in [-0.1, -0.05) is 18.2 Å². The van der Waals surface area contributed by atoms with Crippen LogP contribution in [0.1, 0.15) is 34.1 Å². The normalized spacial score (nSPS) is 15.2. The average Bonchev–Trinajstić information content (AvgIpc) is 2.16. The molecule has 3 atom stereocenters. The van der Waals surface area contributed by atoms with Crippen molar-refractivity contribution in [2.75, 3.05) is 6.61 Å². The van der Waals surface area contributed by atoms with Crippen molar-refractivity contribution in [3.05, 3.63) is 24.8 Å². The molecule has 0 bridgehead atoms. The Morgan fingerprint density at radius 2 is 1.65 bits per heavy atom. The van der Waals surface area contributed by atoms with Gasteiger partial charge in [-0.15, -0.1) is 6.58 Å². The molecule has 105 valence electrons. The molecule has 0 fully saturated rings. The second-order valence-electron chi connectivity index (χ2n) is 3.78. The fourth-order valence-corrected chi connectivity index (χ4v) is 0.865. The predicted molar refractivity (Wildman–Crippen MR) is 68.4 cm³/mol. The van der Waals surface area contributed by atoms with Gasteiger partial charge in [0.05, 0.1) is 24.9 Å². The van der Waals surface area contributed by atoms with Crippen LogP contribution in [0.25, 0.3) is 0 Å². The summed E-state index contributed by atoms with van der Waals surface area (Å²) in [6.07, 6.45) is 5.61. The minimum atomic E-state index is -0.375. The van der Waals surface area contributed by atoms with Gasteiger partial charge in [-0.3, -0.25) is 0 Å². The van der Waals surface area contributed by atoms with Gasteiger partial charge < -0.3 is 14.9 Å². The van der Waals surface area contributed by atoms with E-state index in [0.29, 0.717) is 13.0 Å². The maximum Gasteiger partial charge on any atom is 0.0729 e. The van der Waals surface area contributed by atoms with Crippen LogP contribution in [0.15, 0.2) is 24.8 Å². The molecule has 0 aromatic carbocycles. The Hall–Kier alpha value is -0.0166. The minimum absolute atomic E-state index is 0. The molecule has 2 N–H and O–H groups in total. The molecule has 0 aliphatic heterocycles. The number of ether oxygens (including phenoxy) is 1. The van der Waals surface area contributed by atoms with E-state index >= 15 is 0 Å². The molecule has 0 rings (SSSR count). The van der Waals surface area contributed by atoms with Crippen LogP contribution in [-0.4, -0.2) is 35.1 Å². The molecular formula is C13H26O3Rh. The van der Waals surface area contributed by atoms with E-state index in [0.717, 1.165) is 0 Å². The van der Waals surface area contributed by atoms with Crippen LogP contribution in [0.5, 0.6) is 0 Å². The summed E-state index contributed by atoms with van der Waals surface area (Å²) >= 11 is 0. The SMILES string of the molecule is C=CC(C)OCC=CC.CC(O)CC(C)O.[Rh]. The van der Waals surface area contributed by atoms with E-state index in [1.807, 2.05) is 26.0 Å². The third-order valence-corrected chi connectivity index (χ3v) is 1.71. The Labute approximate surface area is 118 Å². The first-order chi connectivity index (χ1) is 7.43. The van der Waals surface area contributed by atoms with E-state index < -0.39 is 0 Å². The Kier molecular flexibility index (Phi) is 20.9. The van der Waals surface area contributed by atoms with E-state index in [1.165, 1.54) is 0 Å². The number of hydrogen-bond acceptors (Lipinski definition) is 3. The van der Waals surface area contributed by atoms with Crippen LogP contribution in [0, 0.1) is 0 Å². The summed E-state index contributed by atoms with van der Waals surface area (Å²) in [5.41, 5.74) is 0. The van der Waals surface area contributed by atoms with Crippen molar-refractivity contribution in [2.45, 2.75) is 52.4 Å². The molecule has 4 heteroatoms. The molecule has 3 nitrogen and oxygen atoms in total. The van der Waals surface area contributed by atoms with Crippen LogP contribution in [-0.2, 0) is 24.2 Å². The molecule has 17 heavy (non-hydrogen) atoms. The van der Waals surface area contributed by atoms with Gasteiger partial charge >= 0.3 is 0 Å². The minimum Gasteiger partial charge on any atom is -0.393 e. The molecule has 0 aliphatic carbocycles. The second-order valence-corrected chi connectivity index (χ2v) is 3.78. The van der Waals surface area contributed by atoms with Crippen LogP contribution in [0.2, 0.25) is 0 Å². The van der Waals surface area contributed by atoms with Crippen LogP contribution in [0.3, 0.4) is 0 Å². The van der Waals surface area contributed by atoms with Crippen molar-refractivity contribution in [3.8, 4) is 0 Å². The molecule has 0 amide bonds. The maximum atomic E-state index is 8.56. The molecule has 0 aromatic heterocycles. The van der Waals surface area contributed by atoms with Crippen LogP contribution >= 0.6 is 0 Å². The monoisotopic (exact) mass is 333 g/mol. The Bertz CT molecular complexity index is 174. The summed E-state index contributed by atoms with van der Waals surface area (Å²) in [4.78, 5) is 0. The quantitative estimate of drug-likeness (QED) is 0.579. The smallest absolute Gasteiger partial charge is 0.0729 e. The molecule has 0 saturated carbocycles. The summed E-state index contributed by atoms with van der Waals surface area (Å²) in [5, 5.41) is 17.1. The second kappa shape index (κ2) is 16.0. The Morgan fingerprint density at radius 3 is 1.88 bits per heavy atom. The molecule has 3 unspecified atom stereocenters. The number of rotatable bonds is 6. The third-order valence-electron chi connectivity index (χ3n) is 1.71. The third kappa shape index (κ3) is 25.9. The van der Waals surface area contributed by atoms with Gasteiger partial charge in [0.15, 0.2) is 0 Å². The van der Waals surface area contributed by atoms with Gasteiger partial charge in [0.25, 0.3) is 0 Å².